The van der Waals surface area contributed by atoms with Gasteiger partial charge in [-0.05, 0) is 67.2 Å². The molecule has 0 amide bonds. The zero-order valence-electron chi connectivity index (χ0n) is 17.4. The van der Waals surface area contributed by atoms with Crippen LogP contribution in [0.15, 0.2) is 44.0 Å². The maximum atomic E-state index is 5.30. The minimum atomic E-state index is 0. The first-order valence-electron chi connectivity index (χ1n) is 8.20. The summed E-state index contributed by atoms with van der Waals surface area (Å²) in [6.45, 7) is 3.65. The third-order valence-electron chi connectivity index (χ3n) is 3.53. The number of ether oxygens (including phenoxy) is 2. The van der Waals surface area contributed by atoms with Crippen molar-refractivity contribution in [2.45, 2.75) is 20.3 Å². The van der Waals surface area contributed by atoms with E-state index in [1.165, 1.54) is 5.56 Å². The van der Waals surface area contributed by atoms with Crippen LogP contribution in [0, 0.1) is 21.3 Å². The summed E-state index contributed by atoms with van der Waals surface area (Å²) in [7, 11) is 3.20. The highest BCUT2D eigenvalue weighted by molar-refractivity contribution is 9.13. The van der Waals surface area contributed by atoms with Crippen LogP contribution in [-0.2, 0) is 6.42 Å². The fraction of sp³-hybridized carbons (Fsp3) is 0.250. The van der Waals surface area contributed by atoms with Crippen LogP contribution in [-0.4, -0.2) is 42.6 Å². The molecular weight excluding hydrogens is 579 g/mol. The Morgan fingerprint density at radius 1 is 0.767 bits per heavy atom. The molecule has 0 N–H and O–H groups in total. The van der Waals surface area contributed by atoms with Crippen LogP contribution in [0.5, 0.6) is 11.8 Å². The van der Waals surface area contributed by atoms with Crippen molar-refractivity contribution in [3.05, 3.63) is 74.2 Å². The number of rotatable bonds is 4. The molecule has 0 aliphatic rings. The number of nitrogens with zero attached hydrogens (tertiary/aromatic N) is 4. The first-order valence-corrected chi connectivity index (χ1v) is 10.6. The summed E-state index contributed by atoms with van der Waals surface area (Å²) in [5, 5.41) is 0. The van der Waals surface area contributed by atoms with Crippen molar-refractivity contribution in [3.8, 4) is 11.8 Å². The highest BCUT2D eigenvalue weighted by Crippen LogP contribution is 2.29. The lowest BCUT2D eigenvalue weighted by Gasteiger charge is -2.10. The minimum Gasteiger partial charge on any atom is -0.481 e. The van der Waals surface area contributed by atoms with Gasteiger partial charge in [-0.3, -0.25) is 0 Å². The number of hydrogen-bond acceptors (Lipinski definition) is 6. The smallest absolute Gasteiger partial charge is 0.232 e. The molecule has 3 rings (SSSR count). The van der Waals surface area contributed by atoms with E-state index in [0.717, 1.165) is 21.1 Å². The first-order chi connectivity index (χ1) is 13.3. The lowest BCUT2D eigenvalue weighted by atomic mass is 10.1. The minimum absolute atomic E-state index is 0. The molecule has 3 aromatic rings. The second-order valence-corrected chi connectivity index (χ2v) is 7.89. The standard InChI is InChI=1S/C13H13BrN2O.C6H6Br2N2O.CH3.B/c1-9-15-12(14)11(13(16-9)17-2)8-10-6-4-3-5-7-10;1-3-9-5(8)4(7)6(10-3)11-2;;/h3-7H,8H2,1-2H3;1-2H3;1H3;/q;;-1;. The molecule has 2 aromatic heterocycles. The van der Waals surface area contributed by atoms with E-state index in [2.05, 4.69) is 79.9 Å². The van der Waals surface area contributed by atoms with Gasteiger partial charge < -0.3 is 16.9 Å². The molecule has 6 nitrogen and oxygen atoms in total. The quantitative estimate of drug-likeness (QED) is 0.223. The van der Waals surface area contributed by atoms with E-state index in [9.17, 15) is 0 Å². The lowest BCUT2D eigenvalue weighted by Crippen LogP contribution is -2.02. The van der Waals surface area contributed by atoms with E-state index < -0.39 is 0 Å². The van der Waals surface area contributed by atoms with Crippen LogP contribution in [0.3, 0.4) is 0 Å². The van der Waals surface area contributed by atoms with Gasteiger partial charge in [0.1, 0.15) is 25.3 Å². The molecule has 0 aliphatic carbocycles. The molecule has 0 saturated heterocycles. The van der Waals surface area contributed by atoms with Gasteiger partial charge in [0.2, 0.25) is 11.8 Å². The molecule has 10 heteroatoms. The predicted octanol–water partition coefficient (Wildman–Crippen LogP) is 5.54. The maximum absolute atomic E-state index is 5.30. The van der Waals surface area contributed by atoms with Gasteiger partial charge >= 0.3 is 0 Å². The fourth-order valence-corrected chi connectivity index (χ4v) is 3.62. The predicted molar refractivity (Wildman–Crippen MR) is 131 cm³/mol. The van der Waals surface area contributed by atoms with Crippen molar-refractivity contribution >= 4 is 56.2 Å². The summed E-state index contributed by atoms with van der Waals surface area (Å²) in [6, 6.07) is 10.2. The van der Waals surface area contributed by atoms with Crippen molar-refractivity contribution in [1.82, 2.24) is 19.9 Å². The van der Waals surface area contributed by atoms with Crippen LogP contribution in [0.25, 0.3) is 0 Å². The van der Waals surface area contributed by atoms with E-state index in [4.69, 9.17) is 9.47 Å². The number of halogens is 3. The Balaban J connectivity index is 0.000000569. The maximum Gasteiger partial charge on any atom is 0.232 e. The van der Waals surface area contributed by atoms with Crippen LogP contribution >= 0.6 is 47.8 Å². The molecule has 1 aromatic carbocycles. The molecule has 159 valence electrons. The Kier molecular flexibility index (Phi) is 13.0. The SMILES string of the molecule is COc1nc(C)nc(Br)c1Br.COc1nc(C)nc(Br)c1Cc1ccccc1.[B].[CH3-]. The molecule has 0 fully saturated rings. The summed E-state index contributed by atoms with van der Waals surface area (Å²) in [5.74, 6) is 2.56. The normalized spacial score (nSPS) is 9.43. The second kappa shape index (κ2) is 13.7. The Morgan fingerprint density at radius 3 is 1.80 bits per heavy atom. The van der Waals surface area contributed by atoms with Gasteiger partial charge in [0.25, 0.3) is 0 Å². The average molecular weight is 601 g/mol. The fourth-order valence-electron chi connectivity index (χ4n) is 2.29. The summed E-state index contributed by atoms with van der Waals surface area (Å²) in [6.07, 6.45) is 0.755. The number of aryl methyl sites for hydroxylation is 2. The van der Waals surface area contributed by atoms with Gasteiger partial charge in [-0.2, -0.15) is 9.97 Å². The van der Waals surface area contributed by atoms with Crippen LogP contribution in [0.4, 0.5) is 0 Å². The van der Waals surface area contributed by atoms with Gasteiger partial charge in [-0.15, -0.1) is 0 Å². The first kappa shape index (κ1) is 28.5. The molecule has 0 atom stereocenters. The molecule has 0 unspecified atom stereocenters. The third-order valence-corrected chi connectivity index (χ3v) is 6.01. The van der Waals surface area contributed by atoms with Crippen LogP contribution in [0.1, 0.15) is 22.8 Å². The highest BCUT2D eigenvalue weighted by atomic mass is 79.9. The number of hydrogen-bond donors (Lipinski definition) is 0. The van der Waals surface area contributed by atoms with Gasteiger partial charge in [0, 0.05) is 14.8 Å². The van der Waals surface area contributed by atoms with Crippen molar-refractivity contribution in [2.75, 3.05) is 14.2 Å². The Morgan fingerprint density at radius 2 is 1.27 bits per heavy atom. The number of benzene rings is 1. The van der Waals surface area contributed by atoms with Crippen molar-refractivity contribution in [2.24, 2.45) is 0 Å². The summed E-state index contributed by atoms with van der Waals surface area (Å²) < 4.78 is 12.5. The van der Waals surface area contributed by atoms with Crippen molar-refractivity contribution in [1.29, 1.82) is 0 Å². The van der Waals surface area contributed by atoms with Crippen molar-refractivity contribution < 1.29 is 9.47 Å². The molecule has 0 saturated carbocycles. The molecular formula is C20H22BBr3N4O2-. The number of methoxy groups -OCH3 is 2. The van der Waals surface area contributed by atoms with E-state index in [1.54, 1.807) is 21.1 Å². The molecule has 3 radical (unpaired) electrons. The topological polar surface area (TPSA) is 70.0 Å². The molecule has 0 spiro atoms. The zero-order chi connectivity index (χ0) is 20.7. The zero-order valence-corrected chi connectivity index (χ0v) is 22.2. The number of aromatic nitrogens is 4. The third kappa shape index (κ3) is 7.96. The van der Waals surface area contributed by atoms with E-state index in [0.29, 0.717) is 28.0 Å². The van der Waals surface area contributed by atoms with Gasteiger partial charge in [-0.1, -0.05) is 30.3 Å². The Bertz CT molecular complexity index is 947. The van der Waals surface area contributed by atoms with E-state index in [-0.39, 0.29) is 15.8 Å². The molecule has 0 aliphatic heterocycles. The average Bonchev–Trinajstić information content (AvgIpc) is 2.68. The van der Waals surface area contributed by atoms with E-state index in [1.807, 2.05) is 25.1 Å². The largest absolute Gasteiger partial charge is 0.481 e. The van der Waals surface area contributed by atoms with Crippen molar-refractivity contribution in [3.63, 3.8) is 0 Å². The van der Waals surface area contributed by atoms with Crippen LogP contribution in [0.2, 0.25) is 0 Å². The molecule has 2 heterocycles. The van der Waals surface area contributed by atoms with Gasteiger partial charge in [0.05, 0.1) is 19.8 Å². The van der Waals surface area contributed by atoms with E-state index >= 15 is 0 Å². The second-order valence-electron chi connectivity index (χ2n) is 5.60. The monoisotopic (exact) mass is 598 g/mol. The lowest BCUT2D eigenvalue weighted by molar-refractivity contribution is 0.390. The van der Waals surface area contributed by atoms with Crippen LogP contribution < -0.4 is 9.47 Å². The summed E-state index contributed by atoms with van der Waals surface area (Å²) >= 11 is 10.0. The Hall–Kier alpha value is -1.52. The van der Waals surface area contributed by atoms with Gasteiger partial charge in [0.15, 0.2) is 0 Å². The summed E-state index contributed by atoms with van der Waals surface area (Å²) in [4.78, 5) is 16.7. The highest BCUT2D eigenvalue weighted by Gasteiger charge is 2.12. The van der Waals surface area contributed by atoms with Gasteiger partial charge in [-0.25, -0.2) is 9.97 Å². The molecule has 30 heavy (non-hydrogen) atoms. The summed E-state index contributed by atoms with van der Waals surface area (Å²) in [5.41, 5.74) is 2.18. The molecule has 0 bridgehead atoms. The Labute approximate surface area is 205 Å².